The summed E-state index contributed by atoms with van der Waals surface area (Å²) in [6.45, 7) is 2.05. The third-order valence-electron chi connectivity index (χ3n) is 4.83. The van der Waals surface area contributed by atoms with Crippen LogP contribution in [0.3, 0.4) is 0 Å². The molecule has 0 aliphatic heterocycles. The van der Waals surface area contributed by atoms with E-state index in [2.05, 4.69) is 15.9 Å². The molecule has 0 N–H and O–H groups in total. The third-order valence-corrected chi connectivity index (χ3v) is 5.68. The van der Waals surface area contributed by atoms with E-state index in [-0.39, 0.29) is 0 Å². The van der Waals surface area contributed by atoms with Crippen molar-refractivity contribution in [3.63, 3.8) is 0 Å². The molecule has 0 radical (unpaired) electrons. The molecular formula is C16H19BrO. The van der Waals surface area contributed by atoms with Crippen molar-refractivity contribution >= 4 is 21.7 Å². The zero-order valence-electron chi connectivity index (χ0n) is 10.8. The van der Waals surface area contributed by atoms with E-state index in [0.29, 0.717) is 11.7 Å². The normalized spacial score (nSPS) is 29.8. The van der Waals surface area contributed by atoms with Crippen molar-refractivity contribution in [3.8, 4) is 0 Å². The Morgan fingerprint density at radius 3 is 2.78 bits per heavy atom. The Labute approximate surface area is 117 Å². The highest BCUT2D eigenvalue weighted by atomic mass is 79.9. The second-order valence-corrected chi connectivity index (χ2v) is 6.88. The third kappa shape index (κ3) is 2.27. The van der Waals surface area contributed by atoms with E-state index >= 15 is 0 Å². The number of hydrogen-bond donors (Lipinski definition) is 0. The zero-order chi connectivity index (χ0) is 12.7. The van der Waals surface area contributed by atoms with E-state index in [1.165, 1.54) is 31.2 Å². The topological polar surface area (TPSA) is 17.1 Å². The van der Waals surface area contributed by atoms with Gasteiger partial charge in [0.1, 0.15) is 0 Å². The Morgan fingerprint density at radius 2 is 2.17 bits per heavy atom. The van der Waals surface area contributed by atoms with Crippen molar-refractivity contribution in [3.05, 3.63) is 33.8 Å². The fraction of sp³-hybridized carbons (Fsp3) is 0.562. The standard InChI is InChI=1S/C16H19BrO/c1-10-2-4-13(8-15(10)17)16(18)9-14-7-11-3-5-12(14)6-11/h2,4,8,11-12,14H,3,5-7,9H2,1H3. The molecule has 0 aromatic heterocycles. The highest BCUT2D eigenvalue weighted by molar-refractivity contribution is 9.10. The predicted octanol–water partition coefficient (Wildman–Crippen LogP) is 4.77. The van der Waals surface area contributed by atoms with E-state index in [9.17, 15) is 4.79 Å². The van der Waals surface area contributed by atoms with Crippen LogP contribution in [0.5, 0.6) is 0 Å². The van der Waals surface area contributed by atoms with Crippen LogP contribution in [0.25, 0.3) is 0 Å². The first kappa shape index (κ1) is 12.4. The Kier molecular flexibility index (Phi) is 3.31. The van der Waals surface area contributed by atoms with Gasteiger partial charge in [0.25, 0.3) is 0 Å². The van der Waals surface area contributed by atoms with Crippen LogP contribution in [0.4, 0.5) is 0 Å². The lowest BCUT2D eigenvalue weighted by atomic mass is 9.84. The molecule has 3 atom stereocenters. The first-order chi connectivity index (χ1) is 8.63. The molecule has 2 aliphatic rings. The summed E-state index contributed by atoms with van der Waals surface area (Å²) in [4.78, 5) is 12.3. The van der Waals surface area contributed by atoms with Gasteiger partial charge in [0.2, 0.25) is 0 Å². The van der Waals surface area contributed by atoms with Gasteiger partial charge >= 0.3 is 0 Å². The van der Waals surface area contributed by atoms with Crippen LogP contribution in [0.15, 0.2) is 22.7 Å². The molecule has 3 rings (SSSR count). The minimum Gasteiger partial charge on any atom is -0.294 e. The summed E-state index contributed by atoms with van der Waals surface area (Å²) < 4.78 is 1.04. The Balaban J connectivity index is 1.69. The van der Waals surface area contributed by atoms with Crippen LogP contribution >= 0.6 is 15.9 Å². The molecule has 1 aromatic carbocycles. The molecular weight excluding hydrogens is 288 g/mol. The summed E-state index contributed by atoms with van der Waals surface area (Å²) in [5.41, 5.74) is 2.06. The lowest BCUT2D eigenvalue weighted by Crippen LogP contribution is -2.15. The predicted molar refractivity (Wildman–Crippen MR) is 76.8 cm³/mol. The van der Waals surface area contributed by atoms with Crippen molar-refractivity contribution < 1.29 is 4.79 Å². The molecule has 0 heterocycles. The van der Waals surface area contributed by atoms with Gasteiger partial charge in [-0.2, -0.15) is 0 Å². The molecule has 96 valence electrons. The number of carbonyl (C=O) groups is 1. The number of carbonyl (C=O) groups excluding carboxylic acids is 1. The average Bonchev–Trinajstić information content (AvgIpc) is 2.94. The van der Waals surface area contributed by atoms with Crippen LogP contribution in [0.1, 0.15) is 48.0 Å². The number of rotatable bonds is 3. The van der Waals surface area contributed by atoms with E-state index in [4.69, 9.17) is 0 Å². The van der Waals surface area contributed by atoms with Crippen LogP contribution in [-0.4, -0.2) is 5.78 Å². The minimum atomic E-state index is 0.327. The van der Waals surface area contributed by atoms with Crippen LogP contribution in [0.2, 0.25) is 0 Å². The molecule has 2 bridgehead atoms. The second kappa shape index (κ2) is 4.80. The first-order valence-electron chi connectivity index (χ1n) is 6.93. The molecule has 18 heavy (non-hydrogen) atoms. The van der Waals surface area contributed by atoms with Crippen LogP contribution < -0.4 is 0 Å². The van der Waals surface area contributed by atoms with Gasteiger partial charge in [-0.15, -0.1) is 0 Å². The van der Waals surface area contributed by atoms with Gasteiger partial charge in [-0.3, -0.25) is 4.79 Å². The summed E-state index contributed by atoms with van der Waals surface area (Å²) in [6, 6.07) is 5.97. The second-order valence-electron chi connectivity index (χ2n) is 6.03. The summed E-state index contributed by atoms with van der Waals surface area (Å²) in [6.07, 6.45) is 6.21. The number of hydrogen-bond acceptors (Lipinski definition) is 1. The SMILES string of the molecule is Cc1ccc(C(=O)CC2CC3CCC2C3)cc1Br. The van der Waals surface area contributed by atoms with Gasteiger partial charge in [-0.05, 0) is 55.6 Å². The molecule has 3 unspecified atom stereocenters. The van der Waals surface area contributed by atoms with Crippen molar-refractivity contribution in [2.24, 2.45) is 17.8 Å². The van der Waals surface area contributed by atoms with Gasteiger partial charge < -0.3 is 0 Å². The van der Waals surface area contributed by atoms with Crippen molar-refractivity contribution in [1.29, 1.82) is 0 Å². The smallest absolute Gasteiger partial charge is 0.163 e. The lowest BCUT2D eigenvalue weighted by Gasteiger charge is -2.20. The fourth-order valence-corrected chi connectivity index (χ4v) is 4.13. The van der Waals surface area contributed by atoms with Crippen molar-refractivity contribution in [1.82, 2.24) is 0 Å². The number of aryl methyl sites for hydroxylation is 1. The average molecular weight is 307 g/mol. The van der Waals surface area contributed by atoms with Gasteiger partial charge in [-0.1, -0.05) is 34.5 Å². The fourth-order valence-electron chi connectivity index (χ4n) is 3.75. The van der Waals surface area contributed by atoms with Crippen LogP contribution in [0, 0.1) is 24.7 Å². The maximum atomic E-state index is 12.3. The molecule has 1 aromatic rings. The largest absolute Gasteiger partial charge is 0.294 e. The van der Waals surface area contributed by atoms with E-state index in [1.807, 2.05) is 25.1 Å². The highest BCUT2D eigenvalue weighted by Crippen LogP contribution is 2.49. The first-order valence-corrected chi connectivity index (χ1v) is 7.72. The zero-order valence-corrected chi connectivity index (χ0v) is 12.4. The molecule has 0 saturated heterocycles. The Hall–Kier alpha value is -0.630. The summed E-state index contributed by atoms with van der Waals surface area (Å²) in [7, 11) is 0. The van der Waals surface area contributed by atoms with E-state index < -0.39 is 0 Å². The maximum absolute atomic E-state index is 12.3. The quantitative estimate of drug-likeness (QED) is 0.735. The number of ketones is 1. The van der Waals surface area contributed by atoms with Gasteiger partial charge in [0.15, 0.2) is 5.78 Å². The summed E-state index contributed by atoms with van der Waals surface area (Å²) in [5, 5.41) is 0. The van der Waals surface area contributed by atoms with E-state index in [0.717, 1.165) is 28.3 Å². The molecule has 1 nitrogen and oxygen atoms in total. The van der Waals surface area contributed by atoms with Gasteiger partial charge in [0.05, 0.1) is 0 Å². The number of Topliss-reactive ketones (excluding diaryl/α,β-unsaturated/α-hetero) is 1. The van der Waals surface area contributed by atoms with Crippen molar-refractivity contribution in [2.45, 2.75) is 39.0 Å². The monoisotopic (exact) mass is 306 g/mol. The number of benzene rings is 1. The molecule has 2 saturated carbocycles. The van der Waals surface area contributed by atoms with Gasteiger partial charge in [0, 0.05) is 16.5 Å². The van der Waals surface area contributed by atoms with Crippen LogP contribution in [-0.2, 0) is 0 Å². The summed E-state index contributed by atoms with van der Waals surface area (Å²) in [5.74, 6) is 2.76. The number of fused-ring (bicyclic) bond motifs is 2. The molecule has 0 spiro atoms. The molecule has 2 aliphatic carbocycles. The van der Waals surface area contributed by atoms with Crippen molar-refractivity contribution in [2.75, 3.05) is 0 Å². The Morgan fingerprint density at radius 1 is 1.33 bits per heavy atom. The minimum absolute atomic E-state index is 0.327. The molecule has 2 heteroatoms. The summed E-state index contributed by atoms with van der Waals surface area (Å²) >= 11 is 3.51. The van der Waals surface area contributed by atoms with E-state index in [1.54, 1.807) is 0 Å². The highest BCUT2D eigenvalue weighted by Gasteiger charge is 2.40. The van der Waals surface area contributed by atoms with Gasteiger partial charge in [-0.25, -0.2) is 0 Å². The Bertz CT molecular complexity index is 480. The number of halogens is 1. The molecule has 0 amide bonds. The molecule has 2 fully saturated rings. The maximum Gasteiger partial charge on any atom is 0.163 e. The lowest BCUT2D eigenvalue weighted by molar-refractivity contribution is 0.0944.